The van der Waals surface area contributed by atoms with Crippen LogP contribution in [0.4, 0.5) is 0 Å². The predicted molar refractivity (Wildman–Crippen MR) is 88.2 cm³/mol. The molecule has 0 amide bonds. The van der Waals surface area contributed by atoms with Crippen molar-refractivity contribution in [3.05, 3.63) is 79.3 Å². The van der Waals surface area contributed by atoms with Crippen LogP contribution in [0.15, 0.2) is 79.3 Å². The Morgan fingerprint density at radius 3 is 2.23 bits per heavy atom. The summed E-state index contributed by atoms with van der Waals surface area (Å²) in [5.74, 6) is 0. The second-order valence-corrected chi connectivity index (χ2v) is 5.06. The van der Waals surface area contributed by atoms with Gasteiger partial charge in [-0.15, -0.1) is 0 Å². The fraction of sp³-hybridized carbons (Fsp3) is 0. The first kappa shape index (κ1) is 12.7. The predicted octanol–water partition coefficient (Wildman–Crippen LogP) is 4.36. The van der Waals surface area contributed by atoms with Crippen LogP contribution in [-0.2, 0) is 0 Å². The summed E-state index contributed by atoms with van der Waals surface area (Å²) in [5, 5.41) is 1.13. The fourth-order valence-corrected chi connectivity index (χ4v) is 2.46. The van der Waals surface area contributed by atoms with E-state index < -0.39 is 0 Å². The zero-order chi connectivity index (χ0) is 14.8. The molecule has 0 N–H and O–H groups in total. The molecule has 3 aromatic heterocycles. The van der Waals surface area contributed by atoms with Crippen molar-refractivity contribution in [1.29, 1.82) is 0 Å². The van der Waals surface area contributed by atoms with Crippen LogP contribution < -0.4 is 0 Å². The fourth-order valence-electron chi connectivity index (χ4n) is 2.46. The summed E-state index contributed by atoms with van der Waals surface area (Å²) in [5.41, 5.74) is 4.88. The first-order chi connectivity index (χ1) is 10.9. The van der Waals surface area contributed by atoms with Crippen molar-refractivity contribution in [2.24, 2.45) is 0 Å². The molecular formula is C19H13N3. The molecular weight excluding hydrogens is 270 g/mol. The minimum absolute atomic E-state index is 0.873. The quantitative estimate of drug-likeness (QED) is 0.548. The number of hydrogen-bond acceptors (Lipinski definition) is 3. The molecule has 0 unspecified atom stereocenters. The number of fused-ring (bicyclic) bond motifs is 1. The van der Waals surface area contributed by atoms with Crippen molar-refractivity contribution >= 4 is 10.9 Å². The molecule has 0 aliphatic carbocycles. The Kier molecular flexibility index (Phi) is 3.09. The molecule has 0 saturated heterocycles. The zero-order valence-electron chi connectivity index (χ0n) is 11.8. The van der Waals surface area contributed by atoms with Crippen molar-refractivity contribution in [3.63, 3.8) is 0 Å². The molecule has 0 spiro atoms. The molecule has 3 heterocycles. The van der Waals surface area contributed by atoms with Gasteiger partial charge in [0.05, 0.1) is 16.9 Å². The number of aromatic nitrogens is 3. The van der Waals surface area contributed by atoms with Crippen LogP contribution in [0.3, 0.4) is 0 Å². The zero-order valence-corrected chi connectivity index (χ0v) is 11.8. The van der Waals surface area contributed by atoms with Gasteiger partial charge < -0.3 is 0 Å². The van der Waals surface area contributed by atoms with Gasteiger partial charge in [-0.05, 0) is 30.3 Å². The average molecular weight is 283 g/mol. The van der Waals surface area contributed by atoms with Gasteiger partial charge in [-0.25, -0.2) is 0 Å². The smallest absolute Gasteiger partial charge is 0.0886 e. The minimum atomic E-state index is 0.873. The Balaban J connectivity index is 1.73. The van der Waals surface area contributed by atoms with E-state index in [9.17, 15) is 0 Å². The Bertz CT molecular complexity index is 916. The molecule has 3 heteroatoms. The number of nitrogens with zero attached hydrogens (tertiary/aromatic N) is 3. The lowest BCUT2D eigenvalue weighted by atomic mass is 10.1. The monoisotopic (exact) mass is 283 g/mol. The summed E-state index contributed by atoms with van der Waals surface area (Å²) >= 11 is 0. The average Bonchev–Trinajstić information content (AvgIpc) is 2.62. The Morgan fingerprint density at radius 2 is 1.41 bits per heavy atom. The van der Waals surface area contributed by atoms with Gasteiger partial charge in [-0.1, -0.05) is 30.3 Å². The topological polar surface area (TPSA) is 38.7 Å². The summed E-state index contributed by atoms with van der Waals surface area (Å²) in [6.45, 7) is 0. The van der Waals surface area contributed by atoms with Crippen molar-refractivity contribution in [2.75, 3.05) is 0 Å². The van der Waals surface area contributed by atoms with Crippen LogP contribution in [0.2, 0.25) is 0 Å². The van der Waals surface area contributed by atoms with Gasteiger partial charge in [-0.3, -0.25) is 15.0 Å². The van der Waals surface area contributed by atoms with Crippen LogP contribution in [0.5, 0.6) is 0 Å². The molecule has 3 nitrogen and oxygen atoms in total. The maximum atomic E-state index is 4.52. The first-order valence-electron chi connectivity index (χ1n) is 7.13. The molecule has 1 aromatic carbocycles. The highest BCUT2D eigenvalue weighted by Crippen LogP contribution is 2.23. The summed E-state index contributed by atoms with van der Waals surface area (Å²) in [4.78, 5) is 13.3. The molecule has 4 aromatic rings. The minimum Gasteiger partial charge on any atom is -0.256 e. The van der Waals surface area contributed by atoms with E-state index in [4.69, 9.17) is 0 Å². The van der Waals surface area contributed by atoms with E-state index in [0.717, 1.165) is 33.4 Å². The summed E-state index contributed by atoms with van der Waals surface area (Å²) in [6, 6.07) is 20.1. The van der Waals surface area contributed by atoms with Crippen molar-refractivity contribution in [1.82, 2.24) is 15.0 Å². The molecule has 104 valence electrons. The van der Waals surface area contributed by atoms with Gasteiger partial charge in [0.25, 0.3) is 0 Å². The van der Waals surface area contributed by atoms with E-state index in [1.54, 1.807) is 6.20 Å². The molecule has 22 heavy (non-hydrogen) atoms. The van der Waals surface area contributed by atoms with E-state index in [0.29, 0.717) is 0 Å². The number of pyridine rings is 3. The van der Waals surface area contributed by atoms with Crippen LogP contribution in [0, 0.1) is 0 Å². The lowest BCUT2D eigenvalue weighted by molar-refractivity contribution is 1.25. The van der Waals surface area contributed by atoms with E-state index in [2.05, 4.69) is 33.2 Å². The van der Waals surface area contributed by atoms with Crippen molar-refractivity contribution < 1.29 is 0 Å². The van der Waals surface area contributed by atoms with Gasteiger partial charge in [0.2, 0.25) is 0 Å². The van der Waals surface area contributed by atoms with Crippen LogP contribution in [0.25, 0.3) is 33.4 Å². The summed E-state index contributed by atoms with van der Waals surface area (Å²) in [7, 11) is 0. The molecule has 0 fully saturated rings. The lowest BCUT2D eigenvalue weighted by Crippen LogP contribution is -1.88. The molecule has 4 rings (SSSR count). The largest absolute Gasteiger partial charge is 0.256 e. The molecule has 0 bridgehead atoms. The Hall–Kier alpha value is -3.07. The maximum absolute atomic E-state index is 4.52. The third kappa shape index (κ3) is 2.33. The highest BCUT2D eigenvalue weighted by atomic mass is 14.8. The summed E-state index contributed by atoms with van der Waals surface area (Å²) in [6.07, 6.45) is 5.54. The van der Waals surface area contributed by atoms with Crippen molar-refractivity contribution in [3.8, 4) is 22.5 Å². The third-order valence-electron chi connectivity index (χ3n) is 3.61. The molecule has 0 aliphatic rings. The molecule has 0 atom stereocenters. The van der Waals surface area contributed by atoms with Crippen LogP contribution in [0.1, 0.15) is 0 Å². The Morgan fingerprint density at radius 1 is 0.591 bits per heavy atom. The SMILES string of the molecule is c1ccc(-c2ccc(-c3cnc4ccccc4c3)cn2)nc1. The number of para-hydroxylation sites is 1. The highest BCUT2D eigenvalue weighted by Gasteiger charge is 2.03. The normalized spacial score (nSPS) is 10.7. The Labute approximate surface area is 128 Å². The van der Waals surface area contributed by atoms with Crippen molar-refractivity contribution in [2.45, 2.75) is 0 Å². The van der Waals surface area contributed by atoms with Gasteiger partial charge in [-0.2, -0.15) is 0 Å². The highest BCUT2D eigenvalue weighted by molar-refractivity contribution is 5.83. The second kappa shape index (κ2) is 5.37. The van der Waals surface area contributed by atoms with Crippen LogP contribution >= 0.6 is 0 Å². The van der Waals surface area contributed by atoms with E-state index in [-0.39, 0.29) is 0 Å². The molecule has 0 saturated carbocycles. The number of benzene rings is 1. The van der Waals surface area contributed by atoms with E-state index in [1.165, 1.54) is 0 Å². The molecule has 0 aliphatic heterocycles. The lowest BCUT2D eigenvalue weighted by Gasteiger charge is -2.05. The van der Waals surface area contributed by atoms with Gasteiger partial charge in [0.15, 0.2) is 0 Å². The third-order valence-corrected chi connectivity index (χ3v) is 3.61. The second-order valence-electron chi connectivity index (χ2n) is 5.06. The van der Waals surface area contributed by atoms with Gasteiger partial charge >= 0.3 is 0 Å². The standard InChI is InChI=1S/C19H13N3/c1-2-6-17-14(5-1)11-16(13-21-17)15-8-9-19(22-12-15)18-7-3-4-10-20-18/h1-13H. The van der Waals surface area contributed by atoms with Crippen LogP contribution in [-0.4, -0.2) is 15.0 Å². The van der Waals surface area contributed by atoms with E-state index in [1.807, 2.05) is 54.9 Å². The summed E-state index contributed by atoms with van der Waals surface area (Å²) < 4.78 is 0. The molecule has 0 radical (unpaired) electrons. The number of rotatable bonds is 2. The first-order valence-corrected chi connectivity index (χ1v) is 7.13. The van der Waals surface area contributed by atoms with E-state index >= 15 is 0 Å². The van der Waals surface area contributed by atoms with Gasteiger partial charge in [0, 0.05) is 35.1 Å². The number of hydrogen-bond donors (Lipinski definition) is 0. The van der Waals surface area contributed by atoms with Gasteiger partial charge in [0.1, 0.15) is 0 Å². The maximum Gasteiger partial charge on any atom is 0.0886 e.